The smallest absolute Gasteiger partial charge is 0.416 e. The summed E-state index contributed by atoms with van der Waals surface area (Å²) < 4.78 is 44.5. The van der Waals surface area contributed by atoms with Crippen molar-refractivity contribution in [3.8, 4) is 12.1 Å². The number of hydrogen-bond acceptors (Lipinski definition) is 3. The van der Waals surface area contributed by atoms with Gasteiger partial charge in [0.05, 0.1) is 12.1 Å². The molecule has 0 saturated heterocycles. The zero-order valence-corrected chi connectivity index (χ0v) is 15.2. The second-order valence-electron chi connectivity index (χ2n) is 7.22. The zero-order valence-electron chi connectivity index (χ0n) is 15.2. The molecule has 1 aromatic rings. The molecule has 0 N–H and O–H groups in total. The molecule has 0 bridgehead atoms. The quantitative estimate of drug-likeness (QED) is 0.486. The predicted molar refractivity (Wildman–Crippen MR) is 91.2 cm³/mol. The van der Waals surface area contributed by atoms with Gasteiger partial charge < -0.3 is 4.74 Å². The largest absolute Gasteiger partial charge is 0.489 e. The summed E-state index contributed by atoms with van der Waals surface area (Å²) in [5.74, 6) is -0.137. The summed E-state index contributed by atoms with van der Waals surface area (Å²) in [6, 6.07) is 7.90. The second kappa shape index (κ2) is 6.49. The van der Waals surface area contributed by atoms with Crippen LogP contribution in [-0.2, 0) is 16.5 Å². The van der Waals surface area contributed by atoms with Gasteiger partial charge in [0, 0.05) is 0 Å². The number of alkyl halides is 3. The molecule has 138 valence electrons. The molecule has 1 atom stereocenters. The third-order valence-corrected chi connectivity index (χ3v) is 4.31. The van der Waals surface area contributed by atoms with Gasteiger partial charge in [-0.2, -0.15) is 23.7 Å². The third kappa shape index (κ3) is 3.39. The van der Waals surface area contributed by atoms with Crippen LogP contribution >= 0.6 is 0 Å². The van der Waals surface area contributed by atoms with E-state index in [2.05, 4.69) is 4.85 Å². The van der Waals surface area contributed by atoms with Crippen molar-refractivity contribution in [2.45, 2.75) is 39.5 Å². The summed E-state index contributed by atoms with van der Waals surface area (Å²) in [4.78, 5) is 3.48. The van der Waals surface area contributed by atoms with Crippen molar-refractivity contribution < 1.29 is 17.9 Å². The Morgan fingerprint density at radius 3 is 2.00 bits per heavy atom. The molecule has 0 fully saturated rings. The molecule has 1 aliphatic rings. The van der Waals surface area contributed by atoms with Crippen LogP contribution in [0.2, 0.25) is 0 Å². The van der Waals surface area contributed by atoms with E-state index in [9.17, 15) is 23.7 Å². The molecule has 1 aliphatic heterocycles. The Balaban J connectivity index is 2.77. The summed E-state index contributed by atoms with van der Waals surface area (Å²) >= 11 is 0. The normalized spacial score (nSPS) is 19.8. The maximum absolute atomic E-state index is 12.9. The van der Waals surface area contributed by atoms with Gasteiger partial charge in [-0.3, -0.25) is 0 Å². The molecule has 0 spiro atoms. The van der Waals surface area contributed by atoms with Crippen LogP contribution in [0, 0.1) is 34.6 Å². The van der Waals surface area contributed by atoms with Crippen molar-refractivity contribution in [2.24, 2.45) is 5.41 Å². The highest BCUT2D eigenvalue weighted by Crippen LogP contribution is 2.53. The molecule has 0 aromatic heterocycles. The van der Waals surface area contributed by atoms with Crippen LogP contribution in [-0.4, -0.2) is 0 Å². The monoisotopic (exact) mass is 371 g/mol. The molecule has 0 aliphatic carbocycles. The zero-order chi connectivity index (χ0) is 20.6. The van der Waals surface area contributed by atoms with Gasteiger partial charge in [-0.25, -0.2) is 4.85 Å². The Labute approximate surface area is 155 Å². The van der Waals surface area contributed by atoms with Crippen molar-refractivity contribution in [3.63, 3.8) is 0 Å². The van der Waals surface area contributed by atoms with Crippen molar-refractivity contribution in [1.82, 2.24) is 0 Å². The molecular formula is C20H16F3N3O. The lowest BCUT2D eigenvalue weighted by Gasteiger charge is -2.36. The first kappa shape index (κ1) is 20.1. The lowest BCUT2D eigenvalue weighted by Crippen LogP contribution is -2.31. The van der Waals surface area contributed by atoms with E-state index in [0.717, 1.165) is 12.1 Å². The lowest BCUT2D eigenvalue weighted by atomic mass is 9.73. The fraction of sp³-hybridized carbons (Fsp3) is 0.350. The number of halogens is 3. The summed E-state index contributed by atoms with van der Waals surface area (Å²) in [6.45, 7) is 14.7. The predicted octanol–water partition coefficient (Wildman–Crippen LogP) is 5.47. The molecule has 1 unspecified atom stereocenters. The van der Waals surface area contributed by atoms with E-state index in [1.54, 1.807) is 19.1 Å². The highest BCUT2D eigenvalue weighted by molar-refractivity contribution is 5.57. The minimum atomic E-state index is -4.47. The van der Waals surface area contributed by atoms with Gasteiger partial charge in [0.25, 0.3) is 0 Å². The summed E-state index contributed by atoms with van der Waals surface area (Å²) in [6.07, 6.45) is -4.47. The molecule has 0 amide bonds. The number of nitrogens with zero attached hydrogens (tertiary/aromatic N) is 3. The first-order valence-electron chi connectivity index (χ1n) is 7.94. The Morgan fingerprint density at radius 1 is 1.11 bits per heavy atom. The fourth-order valence-electron chi connectivity index (χ4n) is 3.30. The van der Waals surface area contributed by atoms with Crippen LogP contribution in [0.4, 0.5) is 13.2 Å². The molecular weight excluding hydrogens is 355 g/mol. The first-order valence-corrected chi connectivity index (χ1v) is 7.94. The van der Waals surface area contributed by atoms with E-state index in [-0.39, 0.29) is 17.0 Å². The molecule has 0 radical (unpaired) electrons. The number of rotatable bonds is 1. The number of allylic oxidation sites excluding steroid dienone is 1. The van der Waals surface area contributed by atoms with E-state index >= 15 is 0 Å². The van der Waals surface area contributed by atoms with Gasteiger partial charge in [0.1, 0.15) is 17.7 Å². The van der Waals surface area contributed by atoms with Gasteiger partial charge >= 0.3 is 6.18 Å². The van der Waals surface area contributed by atoms with Crippen LogP contribution in [0.1, 0.15) is 38.8 Å². The summed E-state index contributed by atoms with van der Waals surface area (Å²) in [5, 5.41) is 18.4. The van der Waals surface area contributed by atoms with Crippen LogP contribution in [0.25, 0.3) is 4.85 Å². The molecule has 4 nitrogen and oxygen atoms in total. The fourth-order valence-corrected chi connectivity index (χ4v) is 3.30. The average molecular weight is 371 g/mol. The SMILES string of the molecule is [C-]#[N+]C1=C(C(C)(C)C)C(C)(c2ccc(C(F)(F)F)cc2)OC1=C(C#N)C#N. The molecule has 27 heavy (non-hydrogen) atoms. The standard InChI is InChI=1S/C20H16F3N3O/c1-18(2,3)17-15(26-5)16(12(10-24)11-25)27-19(17,4)13-6-8-14(9-7-13)20(21,22)23/h6-9H,1-4H3. The van der Waals surface area contributed by atoms with Crippen molar-refractivity contribution >= 4 is 0 Å². The van der Waals surface area contributed by atoms with Crippen molar-refractivity contribution in [1.29, 1.82) is 10.5 Å². The number of hydrogen-bond donors (Lipinski definition) is 0. The summed E-state index contributed by atoms with van der Waals surface area (Å²) in [7, 11) is 0. The van der Waals surface area contributed by atoms with E-state index in [0.29, 0.717) is 11.1 Å². The van der Waals surface area contributed by atoms with Crippen LogP contribution in [0.3, 0.4) is 0 Å². The van der Waals surface area contributed by atoms with E-state index in [4.69, 9.17) is 11.3 Å². The van der Waals surface area contributed by atoms with Crippen LogP contribution < -0.4 is 0 Å². The van der Waals surface area contributed by atoms with Crippen LogP contribution in [0.5, 0.6) is 0 Å². The minimum absolute atomic E-state index is 0.0444. The maximum Gasteiger partial charge on any atom is 0.416 e. The number of nitriles is 2. The van der Waals surface area contributed by atoms with E-state index in [1.807, 2.05) is 20.8 Å². The van der Waals surface area contributed by atoms with Gasteiger partial charge in [-0.15, -0.1) is 0 Å². The highest BCUT2D eigenvalue weighted by Gasteiger charge is 2.49. The molecule has 1 aromatic carbocycles. The second-order valence-corrected chi connectivity index (χ2v) is 7.22. The van der Waals surface area contributed by atoms with Gasteiger partial charge in [-0.05, 0) is 35.6 Å². The van der Waals surface area contributed by atoms with E-state index < -0.39 is 22.8 Å². The number of ether oxygens (including phenoxy) is 1. The Hall–Kier alpha value is -3.24. The number of benzene rings is 1. The molecule has 2 rings (SSSR count). The van der Waals surface area contributed by atoms with Crippen LogP contribution in [0.15, 0.2) is 46.9 Å². The Morgan fingerprint density at radius 2 is 1.63 bits per heavy atom. The highest BCUT2D eigenvalue weighted by atomic mass is 19.4. The van der Waals surface area contributed by atoms with Gasteiger partial charge in [0.2, 0.25) is 5.70 Å². The first-order chi connectivity index (χ1) is 12.4. The topological polar surface area (TPSA) is 61.2 Å². The Bertz CT molecular complexity index is 943. The van der Waals surface area contributed by atoms with Crippen molar-refractivity contribution in [3.05, 3.63) is 69.4 Å². The van der Waals surface area contributed by atoms with E-state index in [1.165, 1.54) is 12.1 Å². The third-order valence-electron chi connectivity index (χ3n) is 4.31. The van der Waals surface area contributed by atoms with Gasteiger partial charge in [0.15, 0.2) is 11.3 Å². The molecule has 1 heterocycles. The minimum Gasteiger partial charge on any atom is -0.489 e. The van der Waals surface area contributed by atoms with Gasteiger partial charge in [-0.1, -0.05) is 32.9 Å². The molecule has 0 saturated carbocycles. The average Bonchev–Trinajstić information content (AvgIpc) is 2.89. The lowest BCUT2D eigenvalue weighted by molar-refractivity contribution is -0.137. The van der Waals surface area contributed by atoms with Crippen molar-refractivity contribution in [2.75, 3.05) is 0 Å². The Kier molecular flexibility index (Phi) is 4.82. The summed E-state index contributed by atoms with van der Waals surface area (Å²) in [5.41, 5.74) is -2.09. The maximum atomic E-state index is 12.9. The molecule has 7 heteroatoms.